The molecule has 2 aliphatic heterocycles. The summed E-state index contributed by atoms with van der Waals surface area (Å²) in [6, 6.07) is 13.2. The number of alkyl halides is 3. The molecular weight excluding hydrogens is 378 g/mol. The number of hydrogen-bond donors (Lipinski definition) is 1. The summed E-state index contributed by atoms with van der Waals surface area (Å²) >= 11 is 0. The third-order valence-electron chi connectivity index (χ3n) is 6.42. The van der Waals surface area contributed by atoms with Crippen LogP contribution < -0.4 is 5.32 Å². The Hall–Kier alpha value is -1.99. The number of benzene rings is 2. The van der Waals surface area contributed by atoms with E-state index < -0.39 is 22.9 Å². The first-order valence-electron chi connectivity index (χ1n) is 9.86. The van der Waals surface area contributed by atoms with Crippen LogP contribution in [-0.4, -0.2) is 18.3 Å². The number of nitrogens with one attached hydrogen (secondary N) is 1. The number of anilines is 1. The SMILES string of the molecule is CC1(C)OB(C[C@@H]2c3ccccc3N[C@@H]2c2ccc(C(F)(F)F)cc2)OC1(C)C. The predicted octanol–water partition coefficient (Wildman–Crippen LogP) is 6.05. The minimum Gasteiger partial charge on any atom is -0.403 e. The van der Waals surface area contributed by atoms with Crippen molar-refractivity contribution in [2.24, 2.45) is 0 Å². The molecule has 0 aliphatic carbocycles. The molecule has 2 aromatic rings. The highest BCUT2D eigenvalue weighted by Crippen LogP contribution is 2.49. The van der Waals surface area contributed by atoms with Crippen LogP contribution in [0.25, 0.3) is 0 Å². The van der Waals surface area contributed by atoms with Gasteiger partial charge in [-0.3, -0.25) is 0 Å². The van der Waals surface area contributed by atoms with Gasteiger partial charge in [0.1, 0.15) is 0 Å². The Kier molecular flexibility index (Phi) is 4.74. The lowest BCUT2D eigenvalue weighted by Crippen LogP contribution is -2.41. The summed E-state index contributed by atoms with van der Waals surface area (Å²) in [6.45, 7) is 8.06. The number of halogens is 3. The largest absolute Gasteiger partial charge is 0.458 e. The topological polar surface area (TPSA) is 30.5 Å². The second-order valence-corrected chi connectivity index (χ2v) is 8.86. The zero-order valence-corrected chi connectivity index (χ0v) is 17.0. The molecule has 0 amide bonds. The van der Waals surface area contributed by atoms with Crippen molar-refractivity contribution in [1.82, 2.24) is 0 Å². The zero-order valence-electron chi connectivity index (χ0n) is 17.0. The Morgan fingerprint density at radius 3 is 2.10 bits per heavy atom. The van der Waals surface area contributed by atoms with E-state index in [-0.39, 0.29) is 19.1 Å². The lowest BCUT2D eigenvalue weighted by atomic mass is 9.72. The van der Waals surface area contributed by atoms with Crippen LogP contribution >= 0.6 is 0 Å². The molecule has 154 valence electrons. The third-order valence-corrected chi connectivity index (χ3v) is 6.42. The first-order valence-corrected chi connectivity index (χ1v) is 9.86. The van der Waals surface area contributed by atoms with Crippen molar-refractivity contribution in [2.75, 3.05) is 5.32 Å². The van der Waals surface area contributed by atoms with Crippen molar-refractivity contribution in [3.8, 4) is 0 Å². The van der Waals surface area contributed by atoms with Crippen LogP contribution in [0.5, 0.6) is 0 Å². The molecule has 2 aliphatic rings. The highest BCUT2D eigenvalue weighted by Gasteiger charge is 2.52. The van der Waals surface area contributed by atoms with Gasteiger partial charge in [0.05, 0.1) is 22.8 Å². The number of fused-ring (bicyclic) bond motifs is 1. The van der Waals surface area contributed by atoms with Crippen LogP contribution in [0.15, 0.2) is 48.5 Å². The minimum absolute atomic E-state index is 0.0256. The summed E-state index contributed by atoms with van der Waals surface area (Å²) in [6.07, 6.45) is -3.73. The van der Waals surface area contributed by atoms with E-state index in [1.165, 1.54) is 0 Å². The molecule has 29 heavy (non-hydrogen) atoms. The monoisotopic (exact) mass is 403 g/mol. The van der Waals surface area contributed by atoms with Crippen molar-refractivity contribution in [1.29, 1.82) is 0 Å². The average Bonchev–Trinajstić information content (AvgIpc) is 3.08. The Morgan fingerprint density at radius 2 is 1.52 bits per heavy atom. The van der Waals surface area contributed by atoms with E-state index in [2.05, 4.69) is 11.4 Å². The van der Waals surface area contributed by atoms with Gasteiger partial charge in [-0.15, -0.1) is 0 Å². The minimum atomic E-state index is -4.34. The van der Waals surface area contributed by atoms with E-state index in [0.717, 1.165) is 28.9 Å². The van der Waals surface area contributed by atoms with Gasteiger partial charge in [0.25, 0.3) is 0 Å². The molecule has 1 fully saturated rings. The number of para-hydroxylation sites is 1. The first kappa shape index (κ1) is 20.3. The van der Waals surface area contributed by atoms with Crippen LogP contribution in [0, 0.1) is 0 Å². The van der Waals surface area contributed by atoms with Gasteiger partial charge in [-0.25, -0.2) is 0 Å². The molecule has 0 aromatic heterocycles. The molecule has 0 bridgehead atoms. The maximum absolute atomic E-state index is 13.0. The Balaban J connectivity index is 1.62. The molecule has 7 heteroatoms. The quantitative estimate of drug-likeness (QED) is 0.633. The van der Waals surface area contributed by atoms with Crippen molar-refractivity contribution < 1.29 is 22.5 Å². The molecule has 1 N–H and O–H groups in total. The van der Waals surface area contributed by atoms with Gasteiger partial charge >= 0.3 is 13.3 Å². The molecule has 2 aromatic carbocycles. The highest BCUT2D eigenvalue weighted by atomic mass is 19.4. The van der Waals surface area contributed by atoms with Crippen LogP contribution in [-0.2, 0) is 15.5 Å². The molecule has 2 heterocycles. The lowest BCUT2D eigenvalue weighted by molar-refractivity contribution is -0.137. The van der Waals surface area contributed by atoms with Gasteiger partial charge in [0.15, 0.2) is 0 Å². The van der Waals surface area contributed by atoms with Gasteiger partial charge in [0.2, 0.25) is 0 Å². The molecule has 0 spiro atoms. The van der Waals surface area contributed by atoms with E-state index in [9.17, 15) is 13.2 Å². The van der Waals surface area contributed by atoms with Crippen molar-refractivity contribution in [3.63, 3.8) is 0 Å². The summed E-state index contributed by atoms with van der Waals surface area (Å²) < 4.78 is 51.2. The van der Waals surface area contributed by atoms with Crippen LogP contribution in [0.3, 0.4) is 0 Å². The maximum Gasteiger partial charge on any atom is 0.458 e. The fourth-order valence-corrected chi connectivity index (χ4v) is 4.13. The molecule has 0 radical (unpaired) electrons. The molecule has 2 atom stereocenters. The van der Waals surface area contributed by atoms with Crippen molar-refractivity contribution in [3.05, 3.63) is 65.2 Å². The van der Waals surface area contributed by atoms with Gasteiger partial charge < -0.3 is 14.6 Å². The summed E-state index contributed by atoms with van der Waals surface area (Å²) in [7, 11) is -0.380. The first-order chi connectivity index (χ1) is 13.5. The summed E-state index contributed by atoms with van der Waals surface area (Å²) in [5, 5.41) is 3.48. The summed E-state index contributed by atoms with van der Waals surface area (Å²) in [4.78, 5) is 0. The molecule has 1 saturated heterocycles. The second kappa shape index (κ2) is 6.78. The van der Waals surface area contributed by atoms with Crippen LogP contribution in [0.4, 0.5) is 18.9 Å². The van der Waals surface area contributed by atoms with Gasteiger partial charge in [-0.2, -0.15) is 13.2 Å². The summed E-state index contributed by atoms with van der Waals surface area (Å²) in [5.74, 6) is 0.0256. The van der Waals surface area contributed by atoms with Crippen LogP contribution in [0.1, 0.15) is 56.3 Å². The summed E-state index contributed by atoms with van der Waals surface area (Å²) in [5.41, 5.74) is 1.46. The second-order valence-electron chi connectivity index (χ2n) is 8.86. The van der Waals surface area contributed by atoms with E-state index in [4.69, 9.17) is 9.31 Å². The van der Waals surface area contributed by atoms with Gasteiger partial charge in [0, 0.05) is 11.6 Å². The fraction of sp³-hybridized carbons (Fsp3) is 0.455. The smallest absolute Gasteiger partial charge is 0.403 e. The molecule has 3 nitrogen and oxygen atoms in total. The highest BCUT2D eigenvalue weighted by molar-refractivity contribution is 6.45. The van der Waals surface area contributed by atoms with Crippen molar-refractivity contribution in [2.45, 2.75) is 63.4 Å². The van der Waals surface area contributed by atoms with Crippen molar-refractivity contribution >= 4 is 12.8 Å². The standard InChI is InChI=1S/C22H25BF3NO2/c1-20(2)21(3,4)29-23(28-20)13-17-16-7-5-6-8-18(16)27-19(17)14-9-11-15(12-10-14)22(24,25)26/h5-12,17,19,27H,13H2,1-4H3/t17-,19-/m1/s1. The zero-order chi connectivity index (χ0) is 21.0. The molecule has 0 unspecified atom stereocenters. The predicted molar refractivity (Wildman–Crippen MR) is 108 cm³/mol. The van der Waals surface area contributed by atoms with E-state index in [0.29, 0.717) is 6.32 Å². The number of rotatable bonds is 3. The van der Waals surface area contributed by atoms with E-state index in [1.807, 2.05) is 45.9 Å². The normalized spacial score (nSPS) is 25.0. The maximum atomic E-state index is 13.0. The Morgan fingerprint density at radius 1 is 0.931 bits per heavy atom. The van der Waals surface area contributed by atoms with E-state index in [1.54, 1.807) is 12.1 Å². The van der Waals surface area contributed by atoms with Gasteiger partial charge in [-0.05, 0) is 63.3 Å². The Bertz CT molecular complexity index is 880. The molecular formula is C22H25BF3NO2. The lowest BCUT2D eigenvalue weighted by Gasteiger charge is -2.32. The molecule has 4 rings (SSSR count). The number of hydrogen-bond acceptors (Lipinski definition) is 3. The molecule has 0 saturated carbocycles. The van der Waals surface area contributed by atoms with E-state index >= 15 is 0 Å². The fourth-order valence-electron chi connectivity index (χ4n) is 4.13. The Labute approximate surface area is 169 Å². The van der Waals surface area contributed by atoms with Crippen LogP contribution in [0.2, 0.25) is 6.32 Å². The van der Waals surface area contributed by atoms with Gasteiger partial charge in [-0.1, -0.05) is 30.3 Å². The third kappa shape index (κ3) is 3.66. The average molecular weight is 403 g/mol.